The summed E-state index contributed by atoms with van der Waals surface area (Å²) in [5, 5.41) is 6.24. The van der Waals surface area contributed by atoms with Gasteiger partial charge in [-0.1, -0.05) is 19.1 Å². The van der Waals surface area contributed by atoms with Gasteiger partial charge in [0.05, 0.1) is 6.26 Å². The van der Waals surface area contributed by atoms with Gasteiger partial charge in [0, 0.05) is 32.4 Å². The summed E-state index contributed by atoms with van der Waals surface area (Å²) >= 11 is 0. The number of rotatable bonds is 4. The lowest BCUT2D eigenvalue weighted by Gasteiger charge is -2.32. The quantitative estimate of drug-likeness (QED) is 0.653. The van der Waals surface area contributed by atoms with E-state index in [4.69, 9.17) is 4.42 Å². The average Bonchev–Trinajstić information content (AvgIpc) is 3.20. The van der Waals surface area contributed by atoms with Crippen molar-refractivity contribution in [2.24, 2.45) is 10.9 Å². The lowest BCUT2D eigenvalue weighted by molar-refractivity contribution is 0.0996. The minimum Gasteiger partial charge on any atom is -0.459 e. The Labute approximate surface area is 154 Å². The van der Waals surface area contributed by atoms with Crippen molar-refractivity contribution in [1.82, 2.24) is 10.2 Å². The van der Waals surface area contributed by atoms with Crippen LogP contribution in [-0.2, 0) is 6.54 Å². The molecule has 1 fully saturated rings. The highest BCUT2D eigenvalue weighted by atomic mass is 16.3. The number of guanidine groups is 1. The normalized spacial score (nSPS) is 15.8. The third kappa shape index (κ3) is 4.65. The highest BCUT2D eigenvalue weighted by Gasteiger charge is 2.18. The summed E-state index contributed by atoms with van der Waals surface area (Å²) in [6, 6.07) is 11.1. The molecule has 1 aliphatic heterocycles. The summed E-state index contributed by atoms with van der Waals surface area (Å²) < 4.78 is 5.09. The number of carbonyl (C=O) groups excluding carboxylic acids is 1. The Bertz CT molecular complexity index is 730. The van der Waals surface area contributed by atoms with Gasteiger partial charge in [-0.2, -0.15) is 0 Å². The molecule has 2 heterocycles. The first-order valence-electron chi connectivity index (χ1n) is 9.05. The monoisotopic (exact) mass is 354 g/mol. The molecular formula is C20H26N4O2. The predicted octanol–water partition coefficient (Wildman–Crippen LogP) is 3.34. The number of hydrogen-bond acceptors (Lipinski definition) is 3. The topological polar surface area (TPSA) is 69.9 Å². The van der Waals surface area contributed by atoms with E-state index in [1.165, 1.54) is 19.1 Å². The van der Waals surface area contributed by atoms with E-state index in [-0.39, 0.29) is 5.91 Å². The lowest BCUT2D eigenvalue weighted by Crippen LogP contribution is -2.45. The van der Waals surface area contributed by atoms with Crippen molar-refractivity contribution in [1.29, 1.82) is 0 Å². The Morgan fingerprint density at radius 1 is 1.23 bits per heavy atom. The molecule has 1 aromatic heterocycles. The van der Waals surface area contributed by atoms with Crippen LogP contribution >= 0.6 is 0 Å². The van der Waals surface area contributed by atoms with Gasteiger partial charge in [0.1, 0.15) is 0 Å². The maximum Gasteiger partial charge on any atom is 0.291 e. The zero-order valence-electron chi connectivity index (χ0n) is 15.4. The first-order chi connectivity index (χ1) is 12.7. The molecule has 0 atom stereocenters. The number of piperidine rings is 1. The highest BCUT2D eigenvalue weighted by Crippen LogP contribution is 2.16. The van der Waals surface area contributed by atoms with Crippen molar-refractivity contribution in [3.05, 3.63) is 54.0 Å². The Hall–Kier alpha value is -2.76. The number of hydrogen-bond donors (Lipinski definition) is 2. The van der Waals surface area contributed by atoms with Crippen LogP contribution in [0.3, 0.4) is 0 Å². The second-order valence-corrected chi connectivity index (χ2v) is 6.70. The van der Waals surface area contributed by atoms with E-state index in [2.05, 4.69) is 27.4 Å². The molecule has 6 nitrogen and oxygen atoms in total. The maximum atomic E-state index is 12.0. The Balaban J connectivity index is 1.51. The van der Waals surface area contributed by atoms with Crippen LogP contribution in [-0.4, -0.2) is 36.9 Å². The fourth-order valence-electron chi connectivity index (χ4n) is 3.04. The van der Waals surface area contributed by atoms with E-state index in [1.54, 1.807) is 12.1 Å². The van der Waals surface area contributed by atoms with Gasteiger partial charge in [0.15, 0.2) is 11.7 Å². The van der Waals surface area contributed by atoms with E-state index in [1.807, 2.05) is 31.3 Å². The molecule has 0 aliphatic carbocycles. The van der Waals surface area contributed by atoms with E-state index in [9.17, 15) is 4.79 Å². The van der Waals surface area contributed by atoms with Gasteiger partial charge in [-0.05, 0) is 48.6 Å². The third-order valence-electron chi connectivity index (χ3n) is 4.70. The van der Waals surface area contributed by atoms with Gasteiger partial charge in [-0.25, -0.2) is 0 Å². The molecule has 138 valence electrons. The molecule has 2 aromatic rings. The Kier molecular flexibility index (Phi) is 5.94. The molecule has 0 saturated carbocycles. The first kappa shape index (κ1) is 18.0. The van der Waals surface area contributed by atoms with E-state index in [0.717, 1.165) is 36.2 Å². The zero-order chi connectivity index (χ0) is 18.4. The predicted molar refractivity (Wildman–Crippen MR) is 103 cm³/mol. The van der Waals surface area contributed by atoms with Crippen LogP contribution < -0.4 is 10.6 Å². The average molecular weight is 354 g/mol. The molecule has 1 aliphatic rings. The number of nitrogens with one attached hydrogen (secondary N) is 2. The van der Waals surface area contributed by atoms with Crippen LogP contribution in [0.2, 0.25) is 0 Å². The summed E-state index contributed by atoms with van der Waals surface area (Å²) in [6.07, 6.45) is 3.91. The van der Waals surface area contributed by atoms with E-state index in [0.29, 0.717) is 12.3 Å². The molecule has 1 aromatic carbocycles. The number of benzene rings is 1. The summed E-state index contributed by atoms with van der Waals surface area (Å²) in [5.41, 5.74) is 1.87. The number of nitrogens with zero attached hydrogens (tertiary/aromatic N) is 2. The zero-order valence-corrected chi connectivity index (χ0v) is 15.4. The fourth-order valence-corrected chi connectivity index (χ4v) is 3.04. The van der Waals surface area contributed by atoms with Crippen molar-refractivity contribution < 1.29 is 9.21 Å². The smallest absolute Gasteiger partial charge is 0.291 e. The van der Waals surface area contributed by atoms with Gasteiger partial charge < -0.3 is 20.0 Å². The van der Waals surface area contributed by atoms with Crippen molar-refractivity contribution in [3.63, 3.8) is 0 Å². The largest absolute Gasteiger partial charge is 0.459 e. The highest BCUT2D eigenvalue weighted by molar-refractivity contribution is 6.02. The minimum atomic E-state index is -0.249. The van der Waals surface area contributed by atoms with Gasteiger partial charge in [-0.15, -0.1) is 0 Å². The van der Waals surface area contributed by atoms with Crippen molar-refractivity contribution in [2.75, 3.05) is 25.5 Å². The molecule has 0 spiro atoms. The maximum absolute atomic E-state index is 12.0. The molecule has 26 heavy (non-hydrogen) atoms. The SMILES string of the molecule is CN=C(NCc1ccc(NC(=O)c2ccco2)cc1)N1CCC(C)CC1. The standard InChI is InChI=1S/C20H26N4O2/c1-15-9-11-24(12-10-15)20(21-2)22-14-16-5-7-17(8-6-16)23-19(25)18-4-3-13-26-18/h3-8,13,15H,9-12,14H2,1-2H3,(H,21,22)(H,23,25). The second-order valence-electron chi connectivity index (χ2n) is 6.70. The summed E-state index contributed by atoms with van der Waals surface area (Å²) in [5.74, 6) is 1.80. The lowest BCUT2D eigenvalue weighted by atomic mass is 9.99. The third-order valence-corrected chi connectivity index (χ3v) is 4.70. The van der Waals surface area contributed by atoms with Crippen molar-refractivity contribution in [3.8, 4) is 0 Å². The van der Waals surface area contributed by atoms with Crippen molar-refractivity contribution >= 4 is 17.6 Å². The van der Waals surface area contributed by atoms with Gasteiger partial charge in [-0.3, -0.25) is 9.79 Å². The molecule has 1 saturated heterocycles. The van der Waals surface area contributed by atoms with Gasteiger partial charge >= 0.3 is 0 Å². The van der Waals surface area contributed by atoms with Crippen LogP contribution in [0.25, 0.3) is 0 Å². The van der Waals surface area contributed by atoms with Crippen LogP contribution in [0.4, 0.5) is 5.69 Å². The molecule has 1 amide bonds. The number of furan rings is 1. The molecule has 3 rings (SSSR count). The second kappa shape index (κ2) is 8.56. The Morgan fingerprint density at radius 2 is 1.96 bits per heavy atom. The van der Waals surface area contributed by atoms with E-state index < -0.39 is 0 Å². The summed E-state index contributed by atoms with van der Waals surface area (Å²) in [7, 11) is 1.83. The van der Waals surface area contributed by atoms with Crippen LogP contribution in [0.5, 0.6) is 0 Å². The number of likely N-dealkylation sites (tertiary alicyclic amines) is 1. The van der Waals surface area contributed by atoms with Crippen LogP contribution in [0.15, 0.2) is 52.1 Å². The van der Waals surface area contributed by atoms with Gasteiger partial charge in [0.2, 0.25) is 0 Å². The molecule has 6 heteroatoms. The molecule has 0 bridgehead atoms. The molecular weight excluding hydrogens is 328 g/mol. The number of amides is 1. The molecule has 2 N–H and O–H groups in total. The van der Waals surface area contributed by atoms with Crippen LogP contribution in [0, 0.1) is 5.92 Å². The fraction of sp³-hybridized carbons (Fsp3) is 0.400. The molecule has 0 unspecified atom stereocenters. The molecule has 0 radical (unpaired) electrons. The van der Waals surface area contributed by atoms with Crippen molar-refractivity contribution in [2.45, 2.75) is 26.3 Å². The van der Waals surface area contributed by atoms with Crippen LogP contribution in [0.1, 0.15) is 35.9 Å². The minimum absolute atomic E-state index is 0.249. The first-order valence-corrected chi connectivity index (χ1v) is 9.05. The van der Waals surface area contributed by atoms with E-state index >= 15 is 0 Å². The number of carbonyl (C=O) groups is 1. The number of aliphatic imine (C=N–C) groups is 1. The Morgan fingerprint density at radius 3 is 2.58 bits per heavy atom. The summed E-state index contributed by atoms with van der Waals surface area (Å²) in [4.78, 5) is 18.7. The summed E-state index contributed by atoms with van der Waals surface area (Å²) in [6.45, 7) is 5.11. The van der Waals surface area contributed by atoms with Gasteiger partial charge in [0.25, 0.3) is 5.91 Å². The number of anilines is 1.